The standard InChI is InChI=1S/C18H27N3O4/c1-7-25-15(22)12-8-13(11(2)19-10-12)20-16(23)21-14-9-18(5,24-6)17(14,3)4/h8,10,14H,7,9H2,1-6H3,(H2,20,21,23)/t14-,18+/m1/s1. The Morgan fingerprint density at radius 2 is 2.04 bits per heavy atom. The number of rotatable bonds is 5. The van der Waals surface area contributed by atoms with E-state index in [-0.39, 0.29) is 29.7 Å². The van der Waals surface area contributed by atoms with Gasteiger partial charge in [0.2, 0.25) is 0 Å². The van der Waals surface area contributed by atoms with Crippen molar-refractivity contribution in [3.05, 3.63) is 23.5 Å². The number of pyridine rings is 1. The molecule has 0 bridgehead atoms. The summed E-state index contributed by atoms with van der Waals surface area (Å²) in [4.78, 5) is 28.3. The zero-order chi connectivity index (χ0) is 18.8. The van der Waals surface area contributed by atoms with Crippen LogP contribution in [0.1, 0.15) is 50.2 Å². The second-order valence-corrected chi connectivity index (χ2v) is 7.09. The number of nitrogens with zero attached hydrogens (tertiary/aromatic N) is 1. The van der Waals surface area contributed by atoms with E-state index in [0.29, 0.717) is 16.9 Å². The largest absolute Gasteiger partial charge is 0.462 e. The molecule has 0 aliphatic heterocycles. The van der Waals surface area contributed by atoms with Crippen LogP contribution >= 0.6 is 0 Å². The van der Waals surface area contributed by atoms with E-state index in [4.69, 9.17) is 9.47 Å². The third-order valence-corrected chi connectivity index (χ3v) is 5.43. The molecular formula is C18H27N3O4. The maximum Gasteiger partial charge on any atom is 0.339 e. The molecule has 138 valence electrons. The lowest BCUT2D eigenvalue weighted by atomic mass is 9.56. The van der Waals surface area contributed by atoms with Gasteiger partial charge in [0.05, 0.1) is 29.2 Å². The van der Waals surface area contributed by atoms with Crippen LogP contribution in [0.25, 0.3) is 0 Å². The lowest BCUT2D eigenvalue weighted by Crippen LogP contribution is -2.68. The lowest BCUT2D eigenvalue weighted by molar-refractivity contribution is -0.177. The number of methoxy groups -OCH3 is 1. The van der Waals surface area contributed by atoms with Crippen LogP contribution in [0, 0.1) is 12.3 Å². The first-order chi connectivity index (χ1) is 11.6. The molecule has 0 spiro atoms. The number of carbonyl (C=O) groups excluding carboxylic acids is 2. The third-order valence-electron chi connectivity index (χ3n) is 5.43. The minimum Gasteiger partial charge on any atom is -0.462 e. The molecule has 2 rings (SSSR count). The Bertz CT molecular complexity index is 674. The highest BCUT2D eigenvalue weighted by molar-refractivity contribution is 5.94. The molecule has 1 heterocycles. The first-order valence-corrected chi connectivity index (χ1v) is 8.41. The fourth-order valence-corrected chi connectivity index (χ4v) is 3.03. The smallest absolute Gasteiger partial charge is 0.339 e. The molecule has 1 aliphatic carbocycles. The van der Waals surface area contributed by atoms with Crippen LogP contribution in [-0.2, 0) is 9.47 Å². The lowest BCUT2D eigenvalue weighted by Gasteiger charge is -2.59. The van der Waals surface area contributed by atoms with Gasteiger partial charge in [0.15, 0.2) is 0 Å². The molecule has 0 aromatic carbocycles. The van der Waals surface area contributed by atoms with Gasteiger partial charge in [-0.1, -0.05) is 13.8 Å². The topological polar surface area (TPSA) is 89.5 Å². The Morgan fingerprint density at radius 1 is 1.36 bits per heavy atom. The third kappa shape index (κ3) is 3.61. The SMILES string of the molecule is CCOC(=O)c1cnc(C)c(NC(=O)N[C@@H]2C[C@](C)(OC)C2(C)C)c1. The monoisotopic (exact) mass is 349 g/mol. The van der Waals surface area contributed by atoms with Gasteiger partial charge >= 0.3 is 12.0 Å². The first-order valence-electron chi connectivity index (χ1n) is 8.41. The maximum atomic E-state index is 12.4. The number of urea groups is 1. The molecule has 1 aliphatic rings. The van der Waals surface area contributed by atoms with Gasteiger partial charge in [0, 0.05) is 24.8 Å². The summed E-state index contributed by atoms with van der Waals surface area (Å²) in [5, 5.41) is 5.74. The van der Waals surface area contributed by atoms with Gasteiger partial charge in [-0.05, 0) is 33.3 Å². The second-order valence-electron chi connectivity index (χ2n) is 7.09. The number of esters is 1. The summed E-state index contributed by atoms with van der Waals surface area (Å²) in [5.74, 6) is -0.463. The van der Waals surface area contributed by atoms with Crippen molar-refractivity contribution in [3.63, 3.8) is 0 Å². The van der Waals surface area contributed by atoms with Crippen LogP contribution in [0.2, 0.25) is 0 Å². The molecule has 2 atom stereocenters. The van der Waals surface area contributed by atoms with Crippen molar-refractivity contribution in [2.45, 2.75) is 52.7 Å². The van der Waals surface area contributed by atoms with Crippen molar-refractivity contribution in [1.29, 1.82) is 0 Å². The average molecular weight is 349 g/mol. The van der Waals surface area contributed by atoms with Gasteiger partial charge in [-0.25, -0.2) is 9.59 Å². The number of hydrogen-bond acceptors (Lipinski definition) is 5. The molecule has 1 aromatic heterocycles. The molecule has 1 aromatic rings. The molecule has 1 saturated carbocycles. The number of ether oxygens (including phenoxy) is 2. The van der Waals surface area contributed by atoms with Crippen LogP contribution in [-0.4, -0.2) is 42.3 Å². The number of aromatic nitrogens is 1. The number of carbonyl (C=O) groups is 2. The molecular weight excluding hydrogens is 322 g/mol. The molecule has 1 fully saturated rings. The van der Waals surface area contributed by atoms with Gasteiger partial charge in [-0.2, -0.15) is 0 Å². The fourth-order valence-electron chi connectivity index (χ4n) is 3.03. The minimum absolute atomic E-state index is 0.000968. The Kier molecular flexibility index (Phi) is 5.37. The van der Waals surface area contributed by atoms with Gasteiger partial charge in [0.25, 0.3) is 0 Å². The van der Waals surface area contributed by atoms with Gasteiger partial charge in [0.1, 0.15) is 0 Å². The second kappa shape index (κ2) is 7.00. The molecule has 2 N–H and O–H groups in total. The highest BCUT2D eigenvalue weighted by Crippen LogP contribution is 2.51. The number of anilines is 1. The van der Waals surface area contributed by atoms with Crippen LogP contribution in [0.15, 0.2) is 12.3 Å². The number of hydrogen-bond donors (Lipinski definition) is 2. The molecule has 0 unspecified atom stereocenters. The summed E-state index contributed by atoms with van der Waals surface area (Å²) in [7, 11) is 1.69. The Labute approximate surface area is 148 Å². The highest BCUT2D eigenvalue weighted by atomic mass is 16.5. The van der Waals surface area contributed by atoms with E-state index in [1.165, 1.54) is 6.20 Å². The van der Waals surface area contributed by atoms with Crippen LogP contribution in [0.3, 0.4) is 0 Å². The predicted molar refractivity (Wildman–Crippen MR) is 94.7 cm³/mol. The average Bonchev–Trinajstić information content (AvgIpc) is 2.56. The van der Waals surface area contributed by atoms with Crippen molar-refractivity contribution >= 4 is 17.7 Å². The number of nitrogens with one attached hydrogen (secondary N) is 2. The number of amides is 2. The Balaban J connectivity index is 2.04. The van der Waals surface area contributed by atoms with Crippen molar-refractivity contribution in [1.82, 2.24) is 10.3 Å². The van der Waals surface area contributed by atoms with Gasteiger partial charge in [-0.15, -0.1) is 0 Å². The van der Waals surface area contributed by atoms with Crippen LogP contribution < -0.4 is 10.6 Å². The molecule has 7 heteroatoms. The van der Waals surface area contributed by atoms with E-state index in [2.05, 4.69) is 29.5 Å². The Morgan fingerprint density at radius 3 is 2.60 bits per heavy atom. The Hall–Kier alpha value is -2.15. The van der Waals surface area contributed by atoms with Crippen molar-refractivity contribution in [2.24, 2.45) is 5.41 Å². The maximum absolute atomic E-state index is 12.4. The zero-order valence-electron chi connectivity index (χ0n) is 15.7. The zero-order valence-corrected chi connectivity index (χ0v) is 15.7. The van der Waals surface area contributed by atoms with E-state index in [9.17, 15) is 9.59 Å². The first kappa shape index (κ1) is 19.2. The minimum atomic E-state index is -0.463. The van der Waals surface area contributed by atoms with E-state index in [0.717, 1.165) is 6.42 Å². The van der Waals surface area contributed by atoms with E-state index in [1.807, 2.05) is 6.92 Å². The van der Waals surface area contributed by atoms with Crippen LogP contribution in [0.4, 0.5) is 10.5 Å². The van der Waals surface area contributed by atoms with Crippen molar-refractivity contribution in [3.8, 4) is 0 Å². The summed E-state index contributed by atoms with van der Waals surface area (Å²) >= 11 is 0. The van der Waals surface area contributed by atoms with E-state index < -0.39 is 5.97 Å². The van der Waals surface area contributed by atoms with Crippen LogP contribution in [0.5, 0.6) is 0 Å². The summed E-state index contributed by atoms with van der Waals surface area (Å²) in [6.45, 7) is 9.96. The predicted octanol–water partition coefficient (Wildman–Crippen LogP) is 2.89. The molecule has 0 saturated heterocycles. The summed E-state index contributed by atoms with van der Waals surface area (Å²) in [6.07, 6.45) is 2.18. The number of aryl methyl sites for hydroxylation is 1. The molecule has 2 amide bonds. The quantitative estimate of drug-likeness (QED) is 0.798. The molecule has 7 nitrogen and oxygen atoms in total. The van der Waals surface area contributed by atoms with Gasteiger partial charge in [-0.3, -0.25) is 4.98 Å². The fraction of sp³-hybridized carbons (Fsp3) is 0.611. The summed E-state index contributed by atoms with van der Waals surface area (Å²) in [5.41, 5.74) is 0.969. The molecule has 0 radical (unpaired) electrons. The summed E-state index contributed by atoms with van der Waals surface area (Å²) < 4.78 is 10.5. The van der Waals surface area contributed by atoms with Crippen molar-refractivity contribution in [2.75, 3.05) is 19.0 Å². The summed E-state index contributed by atoms with van der Waals surface area (Å²) in [6, 6.07) is 1.24. The normalized spacial score (nSPS) is 24.2. The van der Waals surface area contributed by atoms with Crippen molar-refractivity contribution < 1.29 is 19.1 Å². The highest BCUT2D eigenvalue weighted by Gasteiger charge is 2.58. The van der Waals surface area contributed by atoms with E-state index >= 15 is 0 Å². The van der Waals surface area contributed by atoms with E-state index in [1.54, 1.807) is 27.0 Å². The molecule has 25 heavy (non-hydrogen) atoms. The van der Waals surface area contributed by atoms with Gasteiger partial charge < -0.3 is 20.1 Å².